The first-order valence-corrected chi connectivity index (χ1v) is 8.45. The number of methoxy groups -OCH3 is 3. The van der Waals surface area contributed by atoms with E-state index in [1.807, 2.05) is 4.90 Å². The van der Waals surface area contributed by atoms with Gasteiger partial charge in [0.2, 0.25) is 5.91 Å². The third-order valence-corrected chi connectivity index (χ3v) is 4.35. The smallest absolute Gasteiger partial charge is 0.241 e. The number of halogens is 1. The number of anilines is 1. The molecule has 0 radical (unpaired) electrons. The minimum atomic E-state index is -0.453. The van der Waals surface area contributed by atoms with Gasteiger partial charge in [0, 0.05) is 12.6 Å². The second-order valence-corrected chi connectivity index (χ2v) is 6.12. The van der Waals surface area contributed by atoms with E-state index in [1.165, 1.54) is 20.3 Å². The highest BCUT2D eigenvalue weighted by molar-refractivity contribution is 5.96. The van der Waals surface area contributed by atoms with E-state index in [0.717, 1.165) is 5.56 Å². The van der Waals surface area contributed by atoms with E-state index in [2.05, 4.69) is 5.32 Å². The standard InChI is InChI=1S/C20H25FN2O4/c1-13(23(2)12-14-6-8-18(26-4)16(21)10-14)20(24)22-17-11-15(25-3)7-9-19(17)27-5/h6-11,13H,12H2,1-5H3,(H,22,24). The summed E-state index contributed by atoms with van der Waals surface area (Å²) in [4.78, 5) is 14.5. The topological polar surface area (TPSA) is 60.0 Å². The lowest BCUT2D eigenvalue weighted by Crippen LogP contribution is -2.39. The van der Waals surface area contributed by atoms with Crippen LogP contribution in [-0.2, 0) is 11.3 Å². The number of nitrogens with zero attached hydrogens (tertiary/aromatic N) is 1. The van der Waals surface area contributed by atoms with Gasteiger partial charge in [-0.25, -0.2) is 4.39 Å². The molecule has 1 unspecified atom stereocenters. The molecule has 2 aromatic rings. The average Bonchev–Trinajstić information content (AvgIpc) is 2.67. The summed E-state index contributed by atoms with van der Waals surface area (Å²) in [5.74, 6) is 0.703. The van der Waals surface area contributed by atoms with Crippen LogP contribution in [0.25, 0.3) is 0 Å². The van der Waals surface area contributed by atoms with Crippen LogP contribution in [0, 0.1) is 5.82 Å². The summed E-state index contributed by atoms with van der Waals surface area (Å²) in [7, 11) is 6.31. The third-order valence-electron chi connectivity index (χ3n) is 4.35. The van der Waals surface area contributed by atoms with Crippen LogP contribution in [0.3, 0.4) is 0 Å². The van der Waals surface area contributed by atoms with Crippen molar-refractivity contribution in [3.8, 4) is 17.2 Å². The SMILES string of the molecule is COc1ccc(OC)c(NC(=O)C(C)N(C)Cc2ccc(OC)c(F)c2)c1. The average molecular weight is 376 g/mol. The van der Waals surface area contributed by atoms with Crippen molar-refractivity contribution in [2.45, 2.75) is 19.5 Å². The Morgan fingerprint density at radius 2 is 1.74 bits per heavy atom. The maximum Gasteiger partial charge on any atom is 0.241 e. The van der Waals surface area contributed by atoms with Crippen LogP contribution in [0.5, 0.6) is 17.2 Å². The van der Waals surface area contributed by atoms with E-state index >= 15 is 0 Å². The van der Waals surface area contributed by atoms with Crippen molar-refractivity contribution < 1.29 is 23.4 Å². The first kappa shape index (κ1) is 20.5. The fraction of sp³-hybridized carbons (Fsp3) is 0.350. The van der Waals surface area contributed by atoms with Crippen molar-refractivity contribution in [1.82, 2.24) is 4.90 Å². The molecule has 146 valence electrons. The molecule has 27 heavy (non-hydrogen) atoms. The largest absolute Gasteiger partial charge is 0.497 e. The first-order chi connectivity index (χ1) is 12.9. The Hall–Kier alpha value is -2.80. The molecular formula is C20H25FN2O4. The Morgan fingerprint density at radius 1 is 1.07 bits per heavy atom. The molecule has 2 aromatic carbocycles. The van der Waals surface area contributed by atoms with Crippen LogP contribution in [0.1, 0.15) is 12.5 Å². The molecule has 0 saturated heterocycles. The number of hydrogen-bond acceptors (Lipinski definition) is 5. The number of nitrogens with one attached hydrogen (secondary N) is 1. The monoisotopic (exact) mass is 376 g/mol. The highest BCUT2D eigenvalue weighted by Crippen LogP contribution is 2.29. The number of hydrogen-bond donors (Lipinski definition) is 1. The van der Waals surface area contributed by atoms with Gasteiger partial charge in [0.15, 0.2) is 11.6 Å². The molecule has 0 saturated carbocycles. The number of likely N-dealkylation sites (N-methyl/N-ethyl adjacent to an activating group) is 1. The van der Waals surface area contributed by atoms with E-state index < -0.39 is 11.9 Å². The highest BCUT2D eigenvalue weighted by atomic mass is 19.1. The molecule has 0 aromatic heterocycles. The summed E-state index contributed by atoms with van der Waals surface area (Å²) >= 11 is 0. The Balaban J connectivity index is 2.07. The molecule has 0 spiro atoms. The van der Waals surface area contributed by atoms with E-state index in [9.17, 15) is 9.18 Å². The zero-order valence-electron chi connectivity index (χ0n) is 16.2. The quantitative estimate of drug-likeness (QED) is 0.766. The zero-order valence-corrected chi connectivity index (χ0v) is 16.2. The summed E-state index contributed by atoms with van der Waals surface area (Å²) < 4.78 is 29.2. The molecule has 7 heteroatoms. The fourth-order valence-corrected chi connectivity index (χ4v) is 2.58. The van der Waals surface area contributed by atoms with Crippen molar-refractivity contribution in [2.75, 3.05) is 33.7 Å². The number of amides is 1. The lowest BCUT2D eigenvalue weighted by molar-refractivity contribution is -0.120. The van der Waals surface area contributed by atoms with Crippen molar-refractivity contribution in [1.29, 1.82) is 0 Å². The predicted molar refractivity (Wildman–Crippen MR) is 102 cm³/mol. The lowest BCUT2D eigenvalue weighted by atomic mass is 10.1. The summed E-state index contributed by atoms with van der Waals surface area (Å²) in [5, 5.41) is 2.85. The van der Waals surface area contributed by atoms with Gasteiger partial charge >= 0.3 is 0 Å². The van der Waals surface area contributed by atoms with Crippen LogP contribution in [0.15, 0.2) is 36.4 Å². The zero-order chi connectivity index (χ0) is 20.0. The third kappa shape index (κ3) is 5.10. The van der Waals surface area contributed by atoms with Crippen LogP contribution in [-0.4, -0.2) is 45.2 Å². The Labute approximate surface area is 158 Å². The Morgan fingerprint density at radius 3 is 2.33 bits per heavy atom. The van der Waals surface area contributed by atoms with Gasteiger partial charge < -0.3 is 19.5 Å². The summed E-state index contributed by atoms with van der Waals surface area (Å²) in [6.07, 6.45) is 0. The van der Waals surface area contributed by atoms with Crippen LogP contribution >= 0.6 is 0 Å². The van der Waals surface area contributed by atoms with Gasteiger partial charge in [-0.15, -0.1) is 0 Å². The molecule has 1 N–H and O–H groups in total. The molecule has 6 nitrogen and oxygen atoms in total. The van der Waals surface area contributed by atoms with Gasteiger partial charge in [0.25, 0.3) is 0 Å². The molecule has 0 aliphatic heterocycles. The van der Waals surface area contributed by atoms with Crippen molar-refractivity contribution in [2.24, 2.45) is 0 Å². The molecule has 0 fully saturated rings. The second-order valence-electron chi connectivity index (χ2n) is 6.12. The molecular weight excluding hydrogens is 351 g/mol. The number of benzene rings is 2. The predicted octanol–water partition coefficient (Wildman–Crippen LogP) is 3.31. The van der Waals surface area contributed by atoms with Crippen molar-refractivity contribution >= 4 is 11.6 Å². The van der Waals surface area contributed by atoms with Gasteiger partial charge in [-0.2, -0.15) is 0 Å². The van der Waals surface area contributed by atoms with Crippen LogP contribution in [0.4, 0.5) is 10.1 Å². The van der Waals surface area contributed by atoms with E-state index in [1.54, 1.807) is 51.4 Å². The molecule has 0 heterocycles. The fourth-order valence-electron chi connectivity index (χ4n) is 2.58. The maximum atomic E-state index is 13.9. The number of carbonyl (C=O) groups is 1. The molecule has 0 aliphatic carbocycles. The van der Waals surface area contributed by atoms with E-state index in [0.29, 0.717) is 23.7 Å². The van der Waals surface area contributed by atoms with E-state index in [-0.39, 0.29) is 11.7 Å². The van der Waals surface area contributed by atoms with Gasteiger partial charge in [-0.1, -0.05) is 6.07 Å². The van der Waals surface area contributed by atoms with Gasteiger partial charge in [-0.05, 0) is 43.8 Å². The molecule has 1 amide bonds. The number of rotatable bonds is 8. The molecule has 2 rings (SSSR count). The minimum absolute atomic E-state index is 0.192. The minimum Gasteiger partial charge on any atom is -0.497 e. The summed E-state index contributed by atoms with van der Waals surface area (Å²) in [6.45, 7) is 2.19. The molecule has 1 atom stereocenters. The van der Waals surface area contributed by atoms with Crippen LogP contribution < -0.4 is 19.5 Å². The van der Waals surface area contributed by atoms with Gasteiger partial charge in [0.05, 0.1) is 33.1 Å². The molecule has 0 bridgehead atoms. The lowest BCUT2D eigenvalue weighted by Gasteiger charge is -2.24. The van der Waals surface area contributed by atoms with E-state index in [4.69, 9.17) is 14.2 Å². The van der Waals surface area contributed by atoms with Gasteiger partial charge in [-0.3, -0.25) is 9.69 Å². The normalized spacial score (nSPS) is 11.8. The number of ether oxygens (including phenoxy) is 3. The van der Waals surface area contributed by atoms with Gasteiger partial charge in [0.1, 0.15) is 11.5 Å². The van der Waals surface area contributed by atoms with Crippen molar-refractivity contribution in [3.05, 3.63) is 47.8 Å². The maximum absolute atomic E-state index is 13.9. The summed E-state index contributed by atoms with van der Waals surface area (Å²) in [5.41, 5.74) is 1.27. The molecule has 0 aliphatic rings. The summed E-state index contributed by atoms with van der Waals surface area (Å²) in [6, 6.07) is 9.47. The second kappa shape index (κ2) is 9.23. The van der Waals surface area contributed by atoms with Crippen LogP contribution in [0.2, 0.25) is 0 Å². The Bertz CT molecular complexity index is 798. The first-order valence-electron chi connectivity index (χ1n) is 8.45. The number of carbonyl (C=O) groups excluding carboxylic acids is 1. The van der Waals surface area contributed by atoms with Crippen molar-refractivity contribution in [3.63, 3.8) is 0 Å². The highest BCUT2D eigenvalue weighted by Gasteiger charge is 2.20. The Kier molecular flexibility index (Phi) is 7.01.